The summed E-state index contributed by atoms with van der Waals surface area (Å²) in [6.07, 6.45) is 0.661. The molecule has 0 saturated carbocycles. The summed E-state index contributed by atoms with van der Waals surface area (Å²) in [6, 6.07) is 47.1. The Labute approximate surface area is 226 Å². The van der Waals surface area contributed by atoms with Gasteiger partial charge in [-0.2, -0.15) is 0 Å². The molecule has 0 fully saturated rings. The van der Waals surface area contributed by atoms with E-state index in [0.29, 0.717) is 11.6 Å². The Balaban J connectivity index is 1.87. The van der Waals surface area contributed by atoms with Gasteiger partial charge in [-0.3, -0.25) is 0 Å². The van der Waals surface area contributed by atoms with Crippen molar-refractivity contribution in [1.29, 1.82) is 0 Å². The molecule has 5 heteroatoms. The Bertz CT molecular complexity index is 1490. The van der Waals surface area contributed by atoms with Crippen molar-refractivity contribution in [3.05, 3.63) is 157 Å². The number of hydrogen-bond acceptors (Lipinski definition) is 3. The molecule has 0 aromatic heterocycles. The van der Waals surface area contributed by atoms with Crippen LogP contribution in [0.2, 0.25) is 5.21 Å². The van der Waals surface area contributed by atoms with Crippen molar-refractivity contribution >= 4 is 36.0 Å². The van der Waals surface area contributed by atoms with Crippen molar-refractivity contribution in [3.63, 3.8) is 0 Å². The first-order valence-corrected chi connectivity index (χ1v) is 19.0. The van der Waals surface area contributed by atoms with Gasteiger partial charge in [0.1, 0.15) is 0 Å². The van der Waals surface area contributed by atoms with Gasteiger partial charge in [0.05, 0.1) is 0 Å². The Morgan fingerprint density at radius 3 is 1.37 bits per heavy atom. The normalized spacial score (nSPS) is 12.9. The van der Waals surface area contributed by atoms with E-state index in [1.54, 1.807) is 12.1 Å². The minimum absolute atomic E-state index is 0.165. The molecule has 0 radical (unpaired) electrons. The standard InChI is InChI=1S/C33H31AsO3S/c1-28-22-24-33(25-23-28)38(35,36)37-34(30-16-8-3-9-17-30,31-18-10-4-11-19-31,32-20-12-5-13-21-32)27-26-29-14-6-2-7-15-29/h2-25H,26-27H2,1H3. The number of rotatable bonds is 9. The maximum absolute atomic E-state index is 14.3. The van der Waals surface area contributed by atoms with Crippen LogP contribution in [-0.4, -0.2) is 21.2 Å². The molecule has 192 valence electrons. The summed E-state index contributed by atoms with van der Waals surface area (Å²) in [5.74, 6) is 0. The van der Waals surface area contributed by atoms with Gasteiger partial charge in [0.2, 0.25) is 0 Å². The van der Waals surface area contributed by atoms with Crippen LogP contribution in [0.15, 0.2) is 150 Å². The first-order valence-electron chi connectivity index (χ1n) is 12.7. The second kappa shape index (κ2) is 10.7. The quantitative estimate of drug-likeness (QED) is 0.214. The summed E-state index contributed by atoms with van der Waals surface area (Å²) < 4.78 is 38.4. The van der Waals surface area contributed by atoms with Gasteiger partial charge in [-0.15, -0.1) is 0 Å². The molecule has 0 bridgehead atoms. The molecule has 0 atom stereocenters. The third-order valence-electron chi connectivity index (χ3n) is 7.15. The van der Waals surface area contributed by atoms with Crippen LogP contribution in [0.3, 0.4) is 0 Å². The molecule has 0 aliphatic heterocycles. The monoisotopic (exact) mass is 582 g/mol. The van der Waals surface area contributed by atoms with Gasteiger partial charge in [0.15, 0.2) is 0 Å². The summed E-state index contributed by atoms with van der Waals surface area (Å²) in [4.78, 5) is 0.165. The van der Waals surface area contributed by atoms with Crippen molar-refractivity contribution in [1.82, 2.24) is 0 Å². The molecule has 0 amide bonds. The number of hydrogen-bond donors (Lipinski definition) is 0. The average Bonchev–Trinajstić information content (AvgIpc) is 2.97. The van der Waals surface area contributed by atoms with Gasteiger partial charge in [-0.1, -0.05) is 0 Å². The molecule has 0 unspecified atom stereocenters. The van der Waals surface area contributed by atoms with Crippen LogP contribution in [0.5, 0.6) is 0 Å². The minimum atomic E-state index is -4.93. The van der Waals surface area contributed by atoms with E-state index in [1.165, 1.54) is 0 Å². The SMILES string of the molecule is Cc1ccc(S(=O)(=O)O[As](CCc2ccccc2)(c2ccccc2)(c2ccccc2)c2ccccc2)cc1. The van der Waals surface area contributed by atoms with Gasteiger partial charge in [0, 0.05) is 0 Å². The molecule has 0 aliphatic carbocycles. The second-order valence-corrected chi connectivity index (χ2v) is 21.3. The number of aryl methyl sites for hydroxylation is 2. The topological polar surface area (TPSA) is 43.4 Å². The van der Waals surface area contributed by atoms with Crippen molar-refractivity contribution in [2.45, 2.75) is 23.4 Å². The van der Waals surface area contributed by atoms with E-state index in [1.807, 2.05) is 128 Å². The molecule has 3 nitrogen and oxygen atoms in total. The molecule has 38 heavy (non-hydrogen) atoms. The van der Waals surface area contributed by atoms with Crippen molar-refractivity contribution in [2.24, 2.45) is 0 Å². The van der Waals surface area contributed by atoms with Gasteiger partial charge in [-0.05, 0) is 0 Å². The summed E-state index contributed by atoms with van der Waals surface area (Å²) >= 11 is -4.93. The van der Waals surface area contributed by atoms with Crippen molar-refractivity contribution in [3.8, 4) is 0 Å². The fourth-order valence-corrected chi connectivity index (χ4v) is 21.9. The van der Waals surface area contributed by atoms with Crippen LogP contribution in [0.25, 0.3) is 0 Å². The molecule has 5 aromatic rings. The van der Waals surface area contributed by atoms with Gasteiger partial charge < -0.3 is 0 Å². The molecule has 5 rings (SSSR count). The summed E-state index contributed by atoms with van der Waals surface area (Å²) in [5.41, 5.74) is 2.13. The van der Waals surface area contributed by atoms with E-state index >= 15 is 0 Å². The Kier molecular flexibility index (Phi) is 7.40. The van der Waals surface area contributed by atoms with Crippen LogP contribution >= 0.6 is 0 Å². The van der Waals surface area contributed by atoms with E-state index in [4.69, 9.17) is 3.17 Å². The first-order chi connectivity index (χ1) is 18.4. The maximum atomic E-state index is 14.3. The molecular formula is C33H31AsO3S. The summed E-state index contributed by atoms with van der Waals surface area (Å²) in [7, 11) is -4.16. The Hall–Kier alpha value is -3.43. The zero-order chi connectivity index (χ0) is 26.5. The van der Waals surface area contributed by atoms with E-state index in [0.717, 1.165) is 24.2 Å². The molecular weight excluding hydrogens is 551 g/mol. The van der Waals surface area contributed by atoms with Crippen molar-refractivity contribution in [2.75, 3.05) is 0 Å². The fourth-order valence-electron chi connectivity index (χ4n) is 5.18. The zero-order valence-electron chi connectivity index (χ0n) is 21.4. The first kappa shape index (κ1) is 26.2. The van der Waals surface area contributed by atoms with Gasteiger partial charge in [-0.25, -0.2) is 0 Å². The summed E-state index contributed by atoms with van der Waals surface area (Å²) in [5, 5.41) is 0.533. The van der Waals surface area contributed by atoms with Crippen LogP contribution in [-0.2, 0) is 19.7 Å². The molecule has 0 aliphatic rings. The molecule has 5 aromatic carbocycles. The van der Waals surface area contributed by atoms with Crippen LogP contribution in [0, 0.1) is 6.92 Å². The predicted octanol–water partition coefficient (Wildman–Crippen LogP) is 5.56. The fraction of sp³-hybridized carbons (Fsp3) is 0.0909. The molecule has 0 heterocycles. The third kappa shape index (κ3) is 4.76. The Morgan fingerprint density at radius 2 is 0.947 bits per heavy atom. The van der Waals surface area contributed by atoms with E-state index < -0.39 is 22.9 Å². The van der Waals surface area contributed by atoms with E-state index in [2.05, 4.69) is 12.1 Å². The average molecular weight is 583 g/mol. The molecule has 0 saturated heterocycles. The second-order valence-electron chi connectivity index (χ2n) is 9.52. The molecule has 0 spiro atoms. The van der Waals surface area contributed by atoms with E-state index in [-0.39, 0.29) is 4.90 Å². The van der Waals surface area contributed by atoms with Crippen LogP contribution < -0.4 is 13.1 Å². The zero-order valence-corrected chi connectivity index (χ0v) is 24.0. The van der Waals surface area contributed by atoms with Crippen LogP contribution in [0.4, 0.5) is 0 Å². The summed E-state index contributed by atoms with van der Waals surface area (Å²) in [6.45, 7) is 1.94. The van der Waals surface area contributed by atoms with Gasteiger partial charge >= 0.3 is 228 Å². The van der Waals surface area contributed by atoms with Crippen molar-refractivity contribution < 1.29 is 11.6 Å². The predicted molar refractivity (Wildman–Crippen MR) is 158 cm³/mol. The van der Waals surface area contributed by atoms with Crippen LogP contribution in [0.1, 0.15) is 11.1 Å². The van der Waals surface area contributed by atoms with E-state index in [9.17, 15) is 8.42 Å². The molecule has 0 N–H and O–H groups in total. The Morgan fingerprint density at radius 1 is 0.553 bits per heavy atom. The number of benzene rings is 5. The third-order valence-corrected chi connectivity index (χ3v) is 22.8. The van der Waals surface area contributed by atoms with Gasteiger partial charge in [0.25, 0.3) is 0 Å².